The van der Waals surface area contributed by atoms with Gasteiger partial charge in [0.05, 0.1) is 6.61 Å². The fourth-order valence-electron chi connectivity index (χ4n) is 1.69. The second kappa shape index (κ2) is 11.2. The predicted octanol–water partition coefficient (Wildman–Crippen LogP) is 0.370. The standard InChI is InChI=1S/C17H21N3O6/c1-3-9-18-17(24)20-14(21)11-26-15(22)10-19-16(23)12-5-7-13(8-6-12)25-4-2/h3,5-8H,1,4,9-11H2,2H3,(H,19,23)(H2,18,20,21,24). The van der Waals surface area contributed by atoms with Crippen LogP contribution in [0, 0.1) is 0 Å². The summed E-state index contributed by atoms with van der Waals surface area (Å²) in [4.78, 5) is 46.0. The molecule has 0 unspecified atom stereocenters. The van der Waals surface area contributed by atoms with E-state index in [1.54, 1.807) is 24.3 Å². The second-order valence-corrected chi connectivity index (χ2v) is 4.85. The summed E-state index contributed by atoms with van der Waals surface area (Å²) in [5.41, 5.74) is 0.345. The first-order chi connectivity index (χ1) is 12.5. The van der Waals surface area contributed by atoms with Crippen molar-refractivity contribution in [2.75, 3.05) is 26.3 Å². The maximum absolute atomic E-state index is 11.9. The SMILES string of the molecule is C=CCNC(=O)NC(=O)COC(=O)CNC(=O)c1ccc(OCC)cc1. The molecule has 140 valence electrons. The molecular formula is C17H21N3O6. The van der Waals surface area contributed by atoms with Crippen LogP contribution in [0.2, 0.25) is 0 Å². The maximum atomic E-state index is 11.9. The number of urea groups is 1. The van der Waals surface area contributed by atoms with Gasteiger partial charge >= 0.3 is 12.0 Å². The quantitative estimate of drug-likeness (QED) is 0.430. The molecule has 0 saturated heterocycles. The molecule has 9 heteroatoms. The molecule has 0 fully saturated rings. The molecule has 9 nitrogen and oxygen atoms in total. The van der Waals surface area contributed by atoms with E-state index in [-0.39, 0.29) is 6.54 Å². The summed E-state index contributed by atoms with van der Waals surface area (Å²) in [6, 6.07) is 5.66. The Kier molecular flexibility index (Phi) is 8.94. The number of rotatable bonds is 9. The van der Waals surface area contributed by atoms with Gasteiger partial charge in [-0.15, -0.1) is 6.58 Å². The molecule has 3 N–H and O–H groups in total. The van der Waals surface area contributed by atoms with Crippen LogP contribution in [0.3, 0.4) is 0 Å². The van der Waals surface area contributed by atoms with Crippen LogP contribution in [-0.2, 0) is 14.3 Å². The highest BCUT2D eigenvalue weighted by atomic mass is 16.5. The van der Waals surface area contributed by atoms with Crippen LogP contribution in [0.15, 0.2) is 36.9 Å². The molecule has 0 spiro atoms. The summed E-state index contributed by atoms with van der Waals surface area (Å²) in [5, 5.41) is 6.66. The third kappa shape index (κ3) is 7.95. The van der Waals surface area contributed by atoms with Crippen LogP contribution in [-0.4, -0.2) is 50.1 Å². The minimum atomic E-state index is -0.814. The predicted molar refractivity (Wildman–Crippen MR) is 92.6 cm³/mol. The summed E-state index contributed by atoms with van der Waals surface area (Å²) < 4.78 is 9.93. The molecule has 0 radical (unpaired) electrons. The monoisotopic (exact) mass is 363 g/mol. The van der Waals surface area contributed by atoms with Gasteiger partial charge in [-0.05, 0) is 31.2 Å². The van der Waals surface area contributed by atoms with E-state index < -0.39 is 37.0 Å². The van der Waals surface area contributed by atoms with Crippen LogP contribution >= 0.6 is 0 Å². The number of amides is 4. The number of esters is 1. The van der Waals surface area contributed by atoms with Crippen LogP contribution in [0.4, 0.5) is 4.79 Å². The van der Waals surface area contributed by atoms with Gasteiger partial charge in [0, 0.05) is 12.1 Å². The van der Waals surface area contributed by atoms with Gasteiger partial charge in [-0.25, -0.2) is 4.79 Å². The number of nitrogens with one attached hydrogen (secondary N) is 3. The Balaban J connectivity index is 2.30. The summed E-state index contributed by atoms with van der Waals surface area (Å²) >= 11 is 0. The molecular weight excluding hydrogens is 342 g/mol. The zero-order valence-electron chi connectivity index (χ0n) is 14.4. The highest BCUT2D eigenvalue weighted by Crippen LogP contribution is 2.11. The number of ether oxygens (including phenoxy) is 2. The van der Waals surface area contributed by atoms with Crippen molar-refractivity contribution in [3.8, 4) is 5.75 Å². The molecule has 1 aromatic carbocycles. The first kappa shape index (κ1) is 20.7. The molecule has 0 atom stereocenters. The number of hydrogen-bond acceptors (Lipinski definition) is 6. The molecule has 0 aliphatic rings. The van der Waals surface area contributed by atoms with E-state index in [1.807, 2.05) is 12.2 Å². The van der Waals surface area contributed by atoms with Gasteiger partial charge in [0.1, 0.15) is 12.3 Å². The van der Waals surface area contributed by atoms with Gasteiger partial charge in [-0.3, -0.25) is 19.7 Å². The number of imide groups is 1. The van der Waals surface area contributed by atoms with Gasteiger partial charge in [-0.1, -0.05) is 6.08 Å². The summed E-state index contributed by atoms with van der Waals surface area (Å²) in [5.74, 6) is -1.45. The fraction of sp³-hybridized carbons (Fsp3) is 0.294. The van der Waals surface area contributed by atoms with Crippen molar-refractivity contribution in [3.05, 3.63) is 42.5 Å². The van der Waals surface area contributed by atoms with Crippen molar-refractivity contribution in [1.29, 1.82) is 0 Å². The number of hydrogen-bond donors (Lipinski definition) is 3. The maximum Gasteiger partial charge on any atom is 0.325 e. The van der Waals surface area contributed by atoms with Gasteiger partial charge < -0.3 is 20.1 Å². The lowest BCUT2D eigenvalue weighted by Gasteiger charge is -2.08. The smallest absolute Gasteiger partial charge is 0.325 e. The Morgan fingerprint density at radius 3 is 2.42 bits per heavy atom. The van der Waals surface area contributed by atoms with Gasteiger partial charge in [0.2, 0.25) is 0 Å². The van der Waals surface area contributed by atoms with Crippen molar-refractivity contribution >= 4 is 23.8 Å². The molecule has 0 heterocycles. The molecule has 1 aromatic rings. The van der Waals surface area contributed by atoms with E-state index in [0.717, 1.165) is 0 Å². The first-order valence-electron chi connectivity index (χ1n) is 7.81. The van der Waals surface area contributed by atoms with Crippen molar-refractivity contribution in [2.24, 2.45) is 0 Å². The van der Waals surface area contributed by atoms with Crippen LogP contribution in [0.1, 0.15) is 17.3 Å². The Morgan fingerprint density at radius 1 is 1.12 bits per heavy atom. The molecule has 0 aliphatic heterocycles. The topological polar surface area (TPSA) is 123 Å². The Morgan fingerprint density at radius 2 is 1.81 bits per heavy atom. The van der Waals surface area contributed by atoms with Gasteiger partial charge in [-0.2, -0.15) is 0 Å². The zero-order chi connectivity index (χ0) is 19.4. The van der Waals surface area contributed by atoms with Crippen molar-refractivity contribution in [3.63, 3.8) is 0 Å². The van der Waals surface area contributed by atoms with E-state index >= 15 is 0 Å². The normalized spacial score (nSPS) is 9.58. The number of carbonyl (C=O) groups excluding carboxylic acids is 4. The molecule has 0 aliphatic carbocycles. The largest absolute Gasteiger partial charge is 0.494 e. The van der Waals surface area contributed by atoms with Crippen molar-refractivity contribution in [1.82, 2.24) is 16.0 Å². The summed E-state index contributed by atoms with van der Waals surface area (Å²) in [6.07, 6.45) is 1.44. The highest BCUT2D eigenvalue weighted by molar-refractivity contribution is 5.97. The minimum Gasteiger partial charge on any atom is -0.494 e. The highest BCUT2D eigenvalue weighted by Gasteiger charge is 2.12. The van der Waals surface area contributed by atoms with E-state index in [1.165, 1.54) is 6.08 Å². The van der Waals surface area contributed by atoms with Crippen molar-refractivity contribution in [2.45, 2.75) is 6.92 Å². The number of benzene rings is 1. The lowest BCUT2D eigenvalue weighted by Crippen LogP contribution is -2.42. The Hall–Kier alpha value is -3.36. The Labute approximate surface area is 150 Å². The summed E-state index contributed by atoms with van der Waals surface area (Å²) in [7, 11) is 0. The average molecular weight is 363 g/mol. The molecule has 1 rings (SSSR count). The molecule has 4 amide bonds. The van der Waals surface area contributed by atoms with Crippen LogP contribution < -0.4 is 20.7 Å². The van der Waals surface area contributed by atoms with Crippen molar-refractivity contribution < 1.29 is 28.7 Å². The number of carbonyl (C=O) groups is 4. The molecule has 0 saturated carbocycles. The van der Waals surface area contributed by atoms with Gasteiger partial charge in [0.15, 0.2) is 6.61 Å². The molecule has 0 bridgehead atoms. The third-order valence-corrected chi connectivity index (χ3v) is 2.84. The van der Waals surface area contributed by atoms with E-state index in [4.69, 9.17) is 4.74 Å². The fourth-order valence-corrected chi connectivity index (χ4v) is 1.69. The zero-order valence-corrected chi connectivity index (χ0v) is 14.4. The lowest BCUT2D eigenvalue weighted by molar-refractivity contribution is -0.147. The molecule has 26 heavy (non-hydrogen) atoms. The lowest BCUT2D eigenvalue weighted by atomic mass is 10.2. The first-order valence-corrected chi connectivity index (χ1v) is 7.81. The van der Waals surface area contributed by atoms with E-state index in [9.17, 15) is 19.2 Å². The van der Waals surface area contributed by atoms with Crippen LogP contribution in [0.25, 0.3) is 0 Å². The Bertz CT molecular complexity index is 657. The van der Waals surface area contributed by atoms with E-state index in [2.05, 4.69) is 21.9 Å². The minimum absolute atomic E-state index is 0.191. The van der Waals surface area contributed by atoms with Crippen LogP contribution in [0.5, 0.6) is 5.75 Å². The summed E-state index contributed by atoms with van der Waals surface area (Å²) in [6.45, 7) is 4.90. The third-order valence-electron chi connectivity index (χ3n) is 2.84. The molecule has 0 aromatic heterocycles. The van der Waals surface area contributed by atoms with Gasteiger partial charge in [0.25, 0.3) is 11.8 Å². The average Bonchev–Trinajstić information content (AvgIpc) is 2.63. The van der Waals surface area contributed by atoms with E-state index in [0.29, 0.717) is 17.9 Å². The second-order valence-electron chi connectivity index (χ2n) is 4.85.